The van der Waals surface area contributed by atoms with Gasteiger partial charge >= 0.3 is 0 Å². The number of ether oxygens (including phenoxy) is 1. The molecule has 0 unspecified atom stereocenters. The Hall–Kier alpha value is -2.21. The molecule has 0 saturated heterocycles. The van der Waals surface area contributed by atoms with Crippen LogP contribution in [0.1, 0.15) is 26.5 Å². The number of nitrogens with two attached hydrogens (primary N) is 1. The maximum absolute atomic E-state index is 13.5. The Bertz CT molecular complexity index is 653. The van der Waals surface area contributed by atoms with Crippen molar-refractivity contribution in [1.82, 2.24) is 9.97 Å². The summed E-state index contributed by atoms with van der Waals surface area (Å²) in [6.45, 7) is 6.14. The second-order valence-electron chi connectivity index (χ2n) is 5.71. The van der Waals surface area contributed by atoms with Gasteiger partial charge in [-0.3, -0.25) is 0 Å². The van der Waals surface area contributed by atoms with Crippen molar-refractivity contribution in [2.75, 3.05) is 12.5 Å². The second kappa shape index (κ2) is 5.65. The monoisotopic (exact) mass is 290 g/mol. The Kier molecular flexibility index (Phi) is 4.09. The first-order valence-corrected chi connectivity index (χ1v) is 6.55. The third kappa shape index (κ3) is 3.28. The molecule has 21 heavy (non-hydrogen) atoms. The Morgan fingerprint density at radius 3 is 2.48 bits per heavy atom. The summed E-state index contributed by atoms with van der Waals surface area (Å²) in [4.78, 5) is 8.86. The van der Waals surface area contributed by atoms with Crippen molar-refractivity contribution < 1.29 is 9.13 Å². The average molecular weight is 290 g/mol. The normalized spacial score (nSPS) is 11.3. The fourth-order valence-corrected chi connectivity index (χ4v) is 1.83. The number of hydrogen-bond acceptors (Lipinski definition) is 5. The molecule has 2 aromatic rings. The van der Waals surface area contributed by atoms with E-state index in [1.165, 1.54) is 13.2 Å². The number of methoxy groups -OCH3 is 1. The predicted molar refractivity (Wildman–Crippen MR) is 80.5 cm³/mol. The number of nitrogens with zero attached hydrogens (tertiary/aromatic N) is 2. The van der Waals surface area contributed by atoms with Gasteiger partial charge in [0.1, 0.15) is 5.82 Å². The van der Waals surface area contributed by atoms with Gasteiger partial charge in [0.2, 0.25) is 0 Å². The lowest BCUT2D eigenvalue weighted by Gasteiger charge is -2.19. The van der Waals surface area contributed by atoms with Crippen LogP contribution in [0, 0.1) is 5.82 Å². The Morgan fingerprint density at radius 1 is 1.19 bits per heavy atom. The molecular weight excluding hydrogens is 271 g/mol. The van der Waals surface area contributed by atoms with Gasteiger partial charge in [0, 0.05) is 17.0 Å². The minimum Gasteiger partial charge on any atom is -0.494 e. The van der Waals surface area contributed by atoms with Crippen LogP contribution in [0.5, 0.6) is 5.75 Å². The van der Waals surface area contributed by atoms with Gasteiger partial charge in [0.15, 0.2) is 17.4 Å². The highest BCUT2D eigenvalue weighted by Crippen LogP contribution is 2.28. The Morgan fingerprint density at radius 2 is 1.90 bits per heavy atom. The van der Waals surface area contributed by atoms with E-state index in [9.17, 15) is 4.39 Å². The minimum atomic E-state index is -0.426. The van der Waals surface area contributed by atoms with Crippen LogP contribution >= 0.6 is 0 Å². The van der Waals surface area contributed by atoms with Gasteiger partial charge in [0.25, 0.3) is 0 Å². The van der Waals surface area contributed by atoms with E-state index in [4.69, 9.17) is 10.6 Å². The summed E-state index contributed by atoms with van der Waals surface area (Å²) in [6.07, 6.45) is 0. The van der Waals surface area contributed by atoms with Crippen molar-refractivity contribution in [2.45, 2.75) is 26.2 Å². The van der Waals surface area contributed by atoms with Gasteiger partial charge in [-0.1, -0.05) is 20.8 Å². The first kappa shape index (κ1) is 15.2. The third-order valence-electron chi connectivity index (χ3n) is 3.05. The highest BCUT2D eigenvalue weighted by molar-refractivity contribution is 5.60. The SMILES string of the molecule is COc1cc(-c2nc(NN)cc(C(C)(C)C)n2)ccc1F. The molecule has 112 valence electrons. The number of hydrazine groups is 1. The van der Waals surface area contributed by atoms with E-state index < -0.39 is 5.82 Å². The van der Waals surface area contributed by atoms with Gasteiger partial charge in [-0.05, 0) is 18.2 Å². The summed E-state index contributed by atoms with van der Waals surface area (Å²) in [6, 6.07) is 6.30. The number of nitrogen functional groups attached to an aromatic ring is 1. The van der Waals surface area contributed by atoms with E-state index in [0.29, 0.717) is 17.2 Å². The number of anilines is 1. The summed E-state index contributed by atoms with van der Waals surface area (Å²) in [7, 11) is 1.42. The fraction of sp³-hybridized carbons (Fsp3) is 0.333. The van der Waals surface area contributed by atoms with Crippen molar-refractivity contribution >= 4 is 5.82 Å². The number of hydrogen-bond donors (Lipinski definition) is 2. The van der Waals surface area contributed by atoms with E-state index in [1.54, 1.807) is 18.2 Å². The summed E-state index contributed by atoms with van der Waals surface area (Å²) < 4.78 is 18.5. The lowest BCUT2D eigenvalue weighted by molar-refractivity contribution is 0.386. The third-order valence-corrected chi connectivity index (χ3v) is 3.05. The average Bonchev–Trinajstić information content (AvgIpc) is 2.46. The molecule has 0 atom stereocenters. The Balaban J connectivity index is 2.58. The first-order valence-electron chi connectivity index (χ1n) is 6.55. The van der Waals surface area contributed by atoms with Gasteiger partial charge < -0.3 is 10.2 Å². The summed E-state index contributed by atoms with van der Waals surface area (Å²) >= 11 is 0. The van der Waals surface area contributed by atoms with Crippen LogP contribution in [-0.2, 0) is 5.41 Å². The standard InChI is InChI=1S/C15H19FN4O/c1-15(2,3)12-8-13(20-17)19-14(18-12)9-5-6-10(16)11(7-9)21-4/h5-8H,17H2,1-4H3,(H,18,19,20). The largest absolute Gasteiger partial charge is 0.494 e. The molecule has 0 fully saturated rings. The van der Waals surface area contributed by atoms with Crippen LogP contribution in [0.2, 0.25) is 0 Å². The second-order valence-corrected chi connectivity index (χ2v) is 5.71. The quantitative estimate of drug-likeness (QED) is 0.671. The minimum absolute atomic E-state index is 0.152. The lowest BCUT2D eigenvalue weighted by atomic mass is 9.92. The van der Waals surface area contributed by atoms with Crippen LogP contribution in [0.25, 0.3) is 11.4 Å². The molecule has 0 aliphatic heterocycles. The molecule has 5 nitrogen and oxygen atoms in total. The van der Waals surface area contributed by atoms with Gasteiger partial charge in [-0.25, -0.2) is 20.2 Å². The van der Waals surface area contributed by atoms with Crippen LogP contribution in [0.3, 0.4) is 0 Å². The van der Waals surface area contributed by atoms with Crippen LogP contribution < -0.4 is 16.0 Å². The maximum atomic E-state index is 13.5. The number of halogens is 1. The fourth-order valence-electron chi connectivity index (χ4n) is 1.83. The highest BCUT2D eigenvalue weighted by atomic mass is 19.1. The Labute approximate surface area is 123 Å². The molecular formula is C15H19FN4O. The molecule has 0 aliphatic carbocycles. The molecule has 0 saturated carbocycles. The molecule has 1 aromatic carbocycles. The van der Waals surface area contributed by atoms with Gasteiger partial charge in [-0.2, -0.15) is 0 Å². The van der Waals surface area contributed by atoms with Crippen molar-refractivity contribution in [1.29, 1.82) is 0 Å². The molecule has 2 rings (SSSR count). The smallest absolute Gasteiger partial charge is 0.165 e. The van der Waals surface area contributed by atoms with Crippen LogP contribution in [0.15, 0.2) is 24.3 Å². The molecule has 1 aromatic heterocycles. The molecule has 0 radical (unpaired) electrons. The summed E-state index contributed by atoms with van der Waals surface area (Å²) in [5.41, 5.74) is 3.87. The van der Waals surface area contributed by atoms with E-state index in [0.717, 1.165) is 5.69 Å². The van der Waals surface area contributed by atoms with Crippen molar-refractivity contribution in [2.24, 2.45) is 5.84 Å². The highest BCUT2D eigenvalue weighted by Gasteiger charge is 2.19. The van der Waals surface area contributed by atoms with E-state index >= 15 is 0 Å². The zero-order valence-corrected chi connectivity index (χ0v) is 12.6. The van der Waals surface area contributed by atoms with E-state index in [-0.39, 0.29) is 11.2 Å². The van der Waals surface area contributed by atoms with Crippen molar-refractivity contribution in [3.63, 3.8) is 0 Å². The zero-order valence-electron chi connectivity index (χ0n) is 12.6. The number of nitrogens with one attached hydrogen (secondary N) is 1. The lowest BCUT2D eigenvalue weighted by Crippen LogP contribution is -2.17. The molecule has 6 heteroatoms. The molecule has 3 N–H and O–H groups in total. The van der Waals surface area contributed by atoms with Gasteiger partial charge in [0.05, 0.1) is 12.8 Å². The molecule has 1 heterocycles. The van der Waals surface area contributed by atoms with Crippen molar-refractivity contribution in [3.05, 3.63) is 35.8 Å². The van der Waals surface area contributed by atoms with E-state index in [1.807, 2.05) is 20.8 Å². The van der Waals surface area contributed by atoms with E-state index in [2.05, 4.69) is 15.4 Å². The number of benzene rings is 1. The summed E-state index contributed by atoms with van der Waals surface area (Å²) in [5, 5.41) is 0. The molecule has 0 bridgehead atoms. The number of aromatic nitrogens is 2. The van der Waals surface area contributed by atoms with Crippen molar-refractivity contribution in [3.8, 4) is 17.1 Å². The molecule has 0 amide bonds. The number of rotatable bonds is 3. The van der Waals surface area contributed by atoms with Gasteiger partial charge in [-0.15, -0.1) is 0 Å². The summed E-state index contributed by atoms with van der Waals surface area (Å²) in [5.74, 6) is 6.16. The molecule has 0 aliphatic rings. The van der Waals surface area contributed by atoms with Crippen LogP contribution in [0.4, 0.5) is 10.2 Å². The van der Waals surface area contributed by atoms with Crippen LogP contribution in [-0.4, -0.2) is 17.1 Å². The topological polar surface area (TPSA) is 73.1 Å². The molecule has 0 spiro atoms. The maximum Gasteiger partial charge on any atom is 0.165 e. The zero-order chi connectivity index (χ0) is 15.6. The first-order chi connectivity index (χ1) is 9.85. The predicted octanol–water partition coefficient (Wildman–Crippen LogP) is 2.87.